The number of carbonyl (C=O) groups excluding carboxylic acids is 1. The van der Waals surface area contributed by atoms with Gasteiger partial charge in [0.2, 0.25) is 6.79 Å². The number of hydrogen-bond acceptors (Lipinski definition) is 8. The van der Waals surface area contributed by atoms with Crippen LogP contribution in [0.5, 0.6) is 17.2 Å². The van der Waals surface area contributed by atoms with Gasteiger partial charge in [-0.3, -0.25) is 0 Å². The van der Waals surface area contributed by atoms with Gasteiger partial charge in [-0.2, -0.15) is 0 Å². The van der Waals surface area contributed by atoms with Crippen LogP contribution in [0.1, 0.15) is 20.4 Å². The molecule has 9 heteroatoms. The first-order chi connectivity index (χ1) is 18.0. The number of phenols is 1. The lowest BCUT2D eigenvalue weighted by atomic mass is 10.1. The number of hydrogen-bond donors (Lipinski definition) is 2. The zero-order valence-corrected chi connectivity index (χ0v) is 20.3. The van der Waals surface area contributed by atoms with Gasteiger partial charge in [0.05, 0.1) is 17.1 Å². The third kappa shape index (κ3) is 4.55. The number of fused-ring (bicyclic) bond motifs is 2. The monoisotopic (exact) mass is 502 g/mol. The minimum Gasteiger partial charge on any atom is -0.507 e. The van der Waals surface area contributed by atoms with Gasteiger partial charge in [-0.1, -0.05) is 30.3 Å². The molecule has 3 heterocycles. The van der Waals surface area contributed by atoms with Crippen LogP contribution in [-0.2, 0) is 11.3 Å². The summed E-state index contributed by atoms with van der Waals surface area (Å²) in [5, 5.41) is 14.3. The van der Waals surface area contributed by atoms with Crippen LogP contribution in [0.25, 0.3) is 22.3 Å². The van der Waals surface area contributed by atoms with Gasteiger partial charge in [-0.15, -0.1) is 0 Å². The van der Waals surface area contributed by atoms with E-state index in [-0.39, 0.29) is 28.0 Å². The van der Waals surface area contributed by atoms with E-state index in [0.717, 1.165) is 34.3 Å². The van der Waals surface area contributed by atoms with Crippen molar-refractivity contribution >= 4 is 22.8 Å². The van der Waals surface area contributed by atoms with Crippen molar-refractivity contribution in [2.75, 3.05) is 24.8 Å². The quantitative estimate of drug-likeness (QED) is 0.391. The molecule has 3 aromatic carbocycles. The van der Waals surface area contributed by atoms with E-state index in [1.54, 1.807) is 18.2 Å². The van der Waals surface area contributed by atoms with Crippen LogP contribution in [0, 0.1) is 6.92 Å². The Bertz CT molecular complexity index is 1500. The van der Waals surface area contributed by atoms with Crippen molar-refractivity contribution in [3.05, 3.63) is 71.8 Å². The molecule has 2 aliphatic heterocycles. The predicted octanol–water partition coefficient (Wildman–Crippen LogP) is 5.04. The third-order valence-corrected chi connectivity index (χ3v) is 6.62. The molecule has 2 aliphatic rings. The van der Waals surface area contributed by atoms with E-state index in [1.165, 1.54) is 0 Å². The lowest BCUT2D eigenvalue weighted by molar-refractivity contribution is 0.134. The van der Waals surface area contributed by atoms with Crippen LogP contribution in [0.2, 0.25) is 0 Å². The summed E-state index contributed by atoms with van der Waals surface area (Å²) in [4.78, 5) is 24.3. The Labute approximate surface area is 216 Å². The lowest BCUT2D eigenvalue weighted by Gasteiger charge is -2.21. The Balaban J connectivity index is 0.00000176. The van der Waals surface area contributed by atoms with Gasteiger partial charge in [0.25, 0.3) is 0 Å². The van der Waals surface area contributed by atoms with Crippen LogP contribution in [0.15, 0.2) is 60.7 Å². The number of ether oxygens (including phenoxy) is 3. The molecular weight excluding hydrogens is 472 g/mol. The van der Waals surface area contributed by atoms with Gasteiger partial charge in [0.15, 0.2) is 17.3 Å². The van der Waals surface area contributed by atoms with Gasteiger partial charge in [-0.25, -0.2) is 14.8 Å². The SMILES string of the molecule is Cc1ccc2c(N3CC[C@@H](NC(=O)OCc4cccc5c4OCO5)C3)nc(-c3ccccc3O)nc2c1.[HH].[HH]. The molecule has 4 aromatic rings. The van der Waals surface area contributed by atoms with E-state index >= 15 is 0 Å². The van der Waals surface area contributed by atoms with Crippen molar-refractivity contribution in [3.63, 3.8) is 0 Å². The zero-order chi connectivity index (χ0) is 25.4. The molecule has 192 valence electrons. The van der Waals surface area contributed by atoms with Crippen molar-refractivity contribution in [2.45, 2.75) is 26.0 Å². The van der Waals surface area contributed by atoms with Crippen molar-refractivity contribution in [1.82, 2.24) is 15.3 Å². The maximum absolute atomic E-state index is 12.6. The molecule has 9 nitrogen and oxygen atoms in total. The third-order valence-electron chi connectivity index (χ3n) is 6.62. The predicted molar refractivity (Wildman–Crippen MR) is 142 cm³/mol. The number of aryl methyl sites for hydroxylation is 1. The number of alkyl carbamates (subject to hydrolysis) is 1. The Hall–Kier alpha value is -4.53. The largest absolute Gasteiger partial charge is 0.507 e. The summed E-state index contributed by atoms with van der Waals surface area (Å²) in [5.41, 5.74) is 3.23. The second kappa shape index (κ2) is 9.50. The molecule has 6 rings (SSSR count). The average molecular weight is 503 g/mol. The second-order valence-corrected chi connectivity index (χ2v) is 9.21. The molecule has 0 saturated carbocycles. The molecule has 0 unspecified atom stereocenters. The highest BCUT2D eigenvalue weighted by Crippen LogP contribution is 2.36. The molecule has 0 spiro atoms. The topological polar surface area (TPSA) is 106 Å². The molecule has 0 radical (unpaired) electrons. The normalized spacial score (nSPS) is 16.2. The van der Waals surface area contributed by atoms with Crippen LogP contribution in [0.3, 0.4) is 0 Å². The fourth-order valence-corrected chi connectivity index (χ4v) is 4.77. The van der Waals surface area contributed by atoms with Crippen LogP contribution >= 0.6 is 0 Å². The first kappa shape index (κ1) is 22.9. The van der Waals surface area contributed by atoms with Gasteiger partial charge in [-0.05, 0) is 49.2 Å². The molecule has 2 N–H and O–H groups in total. The summed E-state index contributed by atoms with van der Waals surface area (Å²) < 4.78 is 16.3. The molecule has 1 aromatic heterocycles. The average Bonchev–Trinajstić information content (AvgIpc) is 3.57. The Morgan fingerprint density at radius 1 is 1.16 bits per heavy atom. The first-order valence-electron chi connectivity index (χ1n) is 12.2. The highest BCUT2D eigenvalue weighted by molar-refractivity contribution is 5.92. The summed E-state index contributed by atoms with van der Waals surface area (Å²) >= 11 is 0. The first-order valence-corrected chi connectivity index (χ1v) is 12.2. The number of nitrogens with one attached hydrogen (secondary N) is 1. The fourth-order valence-electron chi connectivity index (χ4n) is 4.77. The number of anilines is 1. The second-order valence-electron chi connectivity index (χ2n) is 9.21. The van der Waals surface area contributed by atoms with E-state index in [4.69, 9.17) is 24.2 Å². The molecular formula is C28H30N4O5. The van der Waals surface area contributed by atoms with Crippen LogP contribution in [0.4, 0.5) is 10.6 Å². The van der Waals surface area contributed by atoms with Crippen LogP contribution in [-0.4, -0.2) is 47.1 Å². The fraction of sp³-hybridized carbons (Fsp3) is 0.250. The maximum Gasteiger partial charge on any atom is 0.407 e. The number of aromatic nitrogens is 2. The number of rotatable bonds is 5. The molecule has 0 bridgehead atoms. The number of carbonyl (C=O) groups is 1. The number of nitrogens with zero attached hydrogens (tertiary/aromatic N) is 3. The number of amides is 1. The summed E-state index contributed by atoms with van der Waals surface area (Å²) in [5.74, 6) is 2.64. The van der Waals surface area contributed by atoms with E-state index < -0.39 is 6.09 Å². The number of phenolic OH excluding ortho intramolecular Hbond substituents is 1. The zero-order valence-electron chi connectivity index (χ0n) is 20.3. The van der Waals surface area contributed by atoms with Gasteiger partial charge < -0.3 is 29.5 Å². The standard InChI is InChI=1S/C28H26N4O5.2H2/c1-17-9-10-20-22(13-17)30-26(21-6-2-3-7-23(21)33)31-27(20)32-12-11-19(14-32)29-28(34)35-15-18-5-4-8-24-25(18)37-16-36-24;;/h2-10,13,19,33H,11-12,14-16H2,1H3,(H,29,34);2*1H/t19-;;/m1../s1. The molecule has 0 aliphatic carbocycles. The van der Waals surface area contributed by atoms with Crippen LogP contribution < -0.4 is 19.7 Å². The van der Waals surface area contributed by atoms with Gasteiger partial charge >= 0.3 is 6.09 Å². The summed E-state index contributed by atoms with van der Waals surface area (Å²) in [7, 11) is 0. The van der Waals surface area contributed by atoms with Crippen molar-refractivity contribution in [3.8, 4) is 28.6 Å². The van der Waals surface area contributed by atoms with Crippen molar-refractivity contribution in [2.24, 2.45) is 0 Å². The summed E-state index contributed by atoms with van der Waals surface area (Å²) in [6.45, 7) is 3.56. The number of aromatic hydroxyl groups is 1. The minimum absolute atomic E-state index is 0. The smallest absolute Gasteiger partial charge is 0.407 e. The maximum atomic E-state index is 12.6. The van der Waals surface area contributed by atoms with Gasteiger partial charge in [0, 0.05) is 26.9 Å². The van der Waals surface area contributed by atoms with E-state index in [9.17, 15) is 9.90 Å². The molecule has 37 heavy (non-hydrogen) atoms. The Morgan fingerprint density at radius 3 is 2.95 bits per heavy atom. The minimum atomic E-state index is -0.485. The highest BCUT2D eigenvalue weighted by atomic mass is 16.7. The van der Waals surface area contributed by atoms with E-state index in [2.05, 4.69) is 10.2 Å². The molecule has 1 atom stereocenters. The van der Waals surface area contributed by atoms with Gasteiger partial charge in [0.1, 0.15) is 18.2 Å². The summed E-state index contributed by atoms with van der Waals surface area (Å²) in [6.07, 6.45) is 0.261. The Morgan fingerprint density at radius 2 is 2.05 bits per heavy atom. The number of para-hydroxylation sites is 2. The van der Waals surface area contributed by atoms with E-state index in [1.807, 2.05) is 49.4 Å². The lowest BCUT2D eigenvalue weighted by Crippen LogP contribution is -2.37. The number of benzene rings is 3. The highest BCUT2D eigenvalue weighted by Gasteiger charge is 2.28. The summed E-state index contributed by atoms with van der Waals surface area (Å²) in [6, 6.07) is 18.5. The molecule has 1 amide bonds. The molecule has 1 saturated heterocycles. The van der Waals surface area contributed by atoms with Crippen molar-refractivity contribution in [1.29, 1.82) is 0 Å². The van der Waals surface area contributed by atoms with Crippen molar-refractivity contribution < 1.29 is 27.0 Å². The Kier molecular flexibility index (Phi) is 5.88. The molecule has 1 fully saturated rings. The van der Waals surface area contributed by atoms with E-state index in [0.29, 0.717) is 36.0 Å².